The Hall–Kier alpha value is -6.60. The lowest BCUT2D eigenvalue weighted by molar-refractivity contribution is 0.943. The molecule has 0 spiro atoms. The molecule has 0 radical (unpaired) electrons. The molecule has 1 aromatic heterocycles. The van der Waals surface area contributed by atoms with E-state index in [0.717, 1.165) is 45.6 Å². The molecule has 1 aliphatic rings. The zero-order chi connectivity index (χ0) is 38.7. The van der Waals surface area contributed by atoms with E-state index in [-0.39, 0.29) is 0 Å². The minimum absolute atomic E-state index is 0.688. The van der Waals surface area contributed by atoms with Crippen molar-refractivity contribution in [1.29, 1.82) is 0 Å². The van der Waals surface area contributed by atoms with Crippen molar-refractivity contribution in [1.82, 2.24) is 4.57 Å². The molecule has 5 aromatic rings. The van der Waals surface area contributed by atoms with Gasteiger partial charge < -0.3 is 9.47 Å². The van der Waals surface area contributed by atoms with Gasteiger partial charge >= 0.3 is 0 Å². The first kappa shape index (κ1) is 38.1. The molecule has 1 heterocycles. The lowest BCUT2D eigenvalue weighted by atomic mass is 9.86. The van der Waals surface area contributed by atoms with E-state index in [1.165, 1.54) is 44.0 Å². The first-order valence-corrected chi connectivity index (χ1v) is 18.9. The van der Waals surface area contributed by atoms with E-state index < -0.39 is 0 Å². The summed E-state index contributed by atoms with van der Waals surface area (Å²) in [7, 11) is 0. The maximum Gasteiger partial charge on any atom is 0.0540 e. The standard InChI is InChI=1S/C53H50N2/c1-8-11-12-13-23-41(6)51(48-28-19-21-39(4)30-31-42(48)7)37-43-24-14-15-25-44(43)38-54(47-26-18-22-40(5)36-47)45-32-34-46(35-33-45)55-52(10-3)49(20-9-2)50-27-16-17-29-53(50)55/h8-27,29,31-36H,1-2,6-7,28,37-38H2,3-5H3/b12-11-,21-19-,23-13-,49-20-,51-48+,52-10+. The fraction of sp³-hybridized carbons (Fsp3) is 0.113. The molecule has 272 valence electrons. The van der Waals surface area contributed by atoms with Crippen molar-refractivity contribution in [2.45, 2.75) is 40.2 Å². The maximum atomic E-state index is 4.57. The van der Waals surface area contributed by atoms with Gasteiger partial charge in [-0.1, -0.05) is 142 Å². The summed E-state index contributed by atoms with van der Waals surface area (Å²) in [5.41, 5.74) is 17.0. The van der Waals surface area contributed by atoms with E-state index in [9.17, 15) is 0 Å². The van der Waals surface area contributed by atoms with Gasteiger partial charge in [0.25, 0.3) is 0 Å². The number of aryl methyl sites for hydroxylation is 1. The largest absolute Gasteiger partial charge is 0.337 e. The summed E-state index contributed by atoms with van der Waals surface area (Å²) in [5.74, 6) is 0. The van der Waals surface area contributed by atoms with Crippen LogP contribution in [0.3, 0.4) is 0 Å². The minimum atomic E-state index is 0.688. The van der Waals surface area contributed by atoms with Gasteiger partial charge in [0.2, 0.25) is 0 Å². The maximum absolute atomic E-state index is 4.57. The summed E-state index contributed by atoms with van der Waals surface area (Å²) in [6, 6.07) is 35.1. The molecule has 0 fully saturated rings. The van der Waals surface area contributed by atoms with Crippen LogP contribution in [0.1, 0.15) is 37.0 Å². The predicted molar refractivity (Wildman–Crippen MR) is 239 cm³/mol. The molecule has 0 amide bonds. The topological polar surface area (TPSA) is 8.17 Å². The van der Waals surface area contributed by atoms with Crippen LogP contribution in [0.2, 0.25) is 0 Å². The number of hydrogen-bond acceptors (Lipinski definition) is 1. The van der Waals surface area contributed by atoms with Crippen molar-refractivity contribution < 1.29 is 0 Å². The number of rotatable bonds is 12. The molecule has 4 aromatic carbocycles. The molecule has 0 N–H and O–H groups in total. The Labute approximate surface area is 327 Å². The van der Waals surface area contributed by atoms with E-state index in [4.69, 9.17) is 0 Å². The third kappa shape index (κ3) is 8.79. The van der Waals surface area contributed by atoms with Crippen LogP contribution >= 0.6 is 0 Å². The third-order valence-corrected chi connectivity index (χ3v) is 10.0. The zero-order valence-corrected chi connectivity index (χ0v) is 32.4. The van der Waals surface area contributed by atoms with Crippen LogP contribution in [0.25, 0.3) is 28.7 Å². The van der Waals surface area contributed by atoms with E-state index in [2.05, 4.69) is 190 Å². The Morgan fingerprint density at radius 2 is 1.60 bits per heavy atom. The Balaban J connectivity index is 1.43. The average Bonchev–Trinajstić information content (AvgIpc) is 3.51. The highest BCUT2D eigenvalue weighted by Crippen LogP contribution is 2.33. The lowest BCUT2D eigenvalue weighted by Crippen LogP contribution is -2.27. The summed E-state index contributed by atoms with van der Waals surface area (Å²) >= 11 is 0. The fourth-order valence-electron chi connectivity index (χ4n) is 7.26. The van der Waals surface area contributed by atoms with Crippen LogP contribution in [-0.4, -0.2) is 4.57 Å². The number of fused-ring (bicyclic) bond motifs is 1. The Morgan fingerprint density at radius 3 is 2.35 bits per heavy atom. The van der Waals surface area contributed by atoms with Crippen molar-refractivity contribution in [3.8, 4) is 5.69 Å². The second-order valence-electron chi connectivity index (χ2n) is 13.8. The molecule has 0 atom stereocenters. The van der Waals surface area contributed by atoms with Gasteiger partial charge in [0.15, 0.2) is 0 Å². The first-order valence-electron chi connectivity index (χ1n) is 18.9. The smallest absolute Gasteiger partial charge is 0.0540 e. The third-order valence-electron chi connectivity index (χ3n) is 10.0. The summed E-state index contributed by atoms with van der Waals surface area (Å²) in [6.07, 6.45) is 23.8. The molecule has 0 saturated carbocycles. The second-order valence-corrected chi connectivity index (χ2v) is 13.8. The zero-order valence-electron chi connectivity index (χ0n) is 32.4. The average molecular weight is 715 g/mol. The van der Waals surface area contributed by atoms with Crippen LogP contribution in [0.15, 0.2) is 212 Å². The van der Waals surface area contributed by atoms with Gasteiger partial charge in [-0.05, 0) is 127 Å². The molecule has 0 unspecified atom stereocenters. The monoisotopic (exact) mass is 714 g/mol. The fourth-order valence-corrected chi connectivity index (χ4v) is 7.26. The summed E-state index contributed by atoms with van der Waals surface area (Å²) < 4.78 is 2.34. The van der Waals surface area contributed by atoms with Crippen LogP contribution < -0.4 is 15.5 Å². The second kappa shape index (κ2) is 18.0. The number of para-hydroxylation sites is 1. The van der Waals surface area contributed by atoms with Gasteiger partial charge in [0.1, 0.15) is 0 Å². The molecule has 1 aliphatic carbocycles. The van der Waals surface area contributed by atoms with Gasteiger partial charge in [-0.25, -0.2) is 0 Å². The molecule has 2 heteroatoms. The minimum Gasteiger partial charge on any atom is -0.337 e. The SMILES string of the molecule is C=C/C=C\C=C/C(=C)/C(Cc1ccccc1CN(c1ccc(-n2c(=C/C)/c(=C\C=C)c3ccccc32)cc1)c1cccc(C)c1)=C1\C/C=C\C(C)=C=CC1=C. The van der Waals surface area contributed by atoms with Crippen molar-refractivity contribution in [2.75, 3.05) is 4.90 Å². The Bertz CT molecular complexity index is 2580. The number of allylic oxidation sites excluding steroid dienone is 13. The van der Waals surface area contributed by atoms with Gasteiger partial charge in [-0.2, -0.15) is 0 Å². The van der Waals surface area contributed by atoms with E-state index in [1.54, 1.807) is 6.08 Å². The number of aromatic nitrogens is 1. The number of hydrogen-bond donors (Lipinski definition) is 0. The number of nitrogens with zero attached hydrogens (tertiary/aromatic N) is 2. The van der Waals surface area contributed by atoms with E-state index >= 15 is 0 Å². The van der Waals surface area contributed by atoms with Gasteiger partial charge in [0, 0.05) is 39.6 Å². The first-order chi connectivity index (χ1) is 26.8. The molecule has 0 bridgehead atoms. The molecule has 55 heavy (non-hydrogen) atoms. The molecule has 2 nitrogen and oxygen atoms in total. The highest BCUT2D eigenvalue weighted by atomic mass is 15.1. The quantitative estimate of drug-likeness (QED) is 0.0923. The van der Waals surface area contributed by atoms with E-state index in [1.807, 2.05) is 30.4 Å². The normalized spacial score (nSPS) is 15.3. The highest BCUT2D eigenvalue weighted by Gasteiger charge is 2.18. The molecular weight excluding hydrogens is 665 g/mol. The van der Waals surface area contributed by atoms with E-state index in [0.29, 0.717) is 13.0 Å². The summed E-state index contributed by atoms with van der Waals surface area (Å²) in [6.45, 7) is 23.9. The van der Waals surface area contributed by atoms with Crippen molar-refractivity contribution >= 4 is 34.4 Å². The van der Waals surface area contributed by atoms with Gasteiger partial charge in [0.05, 0.1) is 5.52 Å². The molecule has 0 aliphatic heterocycles. The molecule has 6 rings (SSSR count). The van der Waals surface area contributed by atoms with Crippen LogP contribution in [0.4, 0.5) is 11.4 Å². The van der Waals surface area contributed by atoms with Crippen LogP contribution in [-0.2, 0) is 13.0 Å². The number of anilines is 2. The van der Waals surface area contributed by atoms with Crippen molar-refractivity contribution in [3.63, 3.8) is 0 Å². The van der Waals surface area contributed by atoms with Crippen LogP contribution in [0.5, 0.6) is 0 Å². The predicted octanol–water partition coefficient (Wildman–Crippen LogP) is 12.4. The molecular formula is C53H50N2. The Kier molecular flexibility index (Phi) is 12.4. The summed E-state index contributed by atoms with van der Waals surface area (Å²) in [5, 5.41) is 3.54. The van der Waals surface area contributed by atoms with Gasteiger partial charge in [-0.3, -0.25) is 0 Å². The van der Waals surface area contributed by atoms with Gasteiger partial charge in [-0.15, -0.1) is 5.73 Å². The van der Waals surface area contributed by atoms with Crippen LogP contribution in [0, 0.1) is 6.92 Å². The Morgan fingerprint density at radius 1 is 0.836 bits per heavy atom. The van der Waals surface area contributed by atoms with Crippen molar-refractivity contribution in [2.24, 2.45) is 0 Å². The molecule has 0 saturated heterocycles. The number of benzene rings is 4. The summed E-state index contributed by atoms with van der Waals surface area (Å²) in [4.78, 5) is 2.42. The lowest BCUT2D eigenvalue weighted by Gasteiger charge is -2.27. The highest BCUT2D eigenvalue weighted by molar-refractivity contribution is 5.84. The van der Waals surface area contributed by atoms with Crippen molar-refractivity contribution in [3.05, 3.63) is 239 Å².